The maximum atomic E-state index is 16.3. The molecule has 1 aliphatic rings. The number of likely N-dealkylation sites (N-methyl/N-ethyl adjacent to an activating group) is 1. The molecule has 0 unspecified atom stereocenters. The lowest BCUT2D eigenvalue weighted by Crippen LogP contribution is -2.20. The lowest BCUT2D eigenvalue weighted by Gasteiger charge is -2.13. The molecule has 0 atom stereocenters. The third-order valence-corrected chi connectivity index (χ3v) is 8.56. The number of nitrogens with zero attached hydrogens (tertiary/aromatic N) is 6. The SMILES string of the molecule is CN(C)CCNc1cc(F)cc(-c2ccnc3nc(-c4n[nH]c5cnc(-c6cncc(CNCC7CCCC7)c6)c(F)c45)[nH]c23)c1. The number of fused-ring (bicyclic) bond motifs is 2. The molecule has 236 valence electrons. The smallest absolute Gasteiger partial charge is 0.178 e. The van der Waals surface area contributed by atoms with E-state index in [1.807, 2.05) is 26.2 Å². The Morgan fingerprint density at radius 3 is 2.70 bits per heavy atom. The lowest BCUT2D eigenvalue weighted by molar-refractivity contribution is 0.425. The third kappa shape index (κ3) is 6.18. The molecule has 1 fully saturated rings. The van der Waals surface area contributed by atoms with Crippen LogP contribution in [0.2, 0.25) is 0 Å². The number of nitrogens with one attached hydrogen (secondary N) is 4. The molecule has 0 aliphatic heterocycles. The quantitative estimate of drug-likeness (QED) is 0.136. The van der Waals surface area contributed by atoms with Crippen molar-refractivity contribution in [1.29, 1.82) is 0 Å². The second-order valence-corrected chi connectivity index (χ2v) is 12.2. The fourth-order valence-electron chi connectivity index (χ4n) is 6.23. The van der Waals surface area contributed by atoms with Crippen LogP contribution in [0.3, 0.4) is 0 Å². The zero-order valence-electron chi connectivity index (χ0n) is 25.9. The van der Waals surface area contributed by atoms with Crippen LogP contribution in [0.25, 0.3) is 56.0 Å². The number of hydrogen-bond acceptors (Lipinski definition) is 8. The highest BCUT2D eigenvalue weighted by atomic mass is 19.1. The average molecular weight is 623 g/mol. The molecule has 5 aromatic heterocycles. The highest BCUT2D eigenvalue weighted by Crippen LogP contribution is 2.35. The predicted molar refractivity (Wildman–Crippen MR) is 176 cm³/mol. The maximum Gasteiger partial charge on any atom is 0.178 e. The molecule has 12 heteroatoms. The van der Waals surface area contributed by atoms with E-state index in [2.05, 4.69) is 50.7 Å². The number of benzene rings is 1. The summed E-state index contributed by atoms with van der Waals surface area (Å²) in [6, 6.07) is 8.56. The van der Waals surface area contributed by atoms with Gasteiger partial charge in [0.1, 0.15) is 17.2 Å². The van der Waals surface area contributed by atoms with Crippen molar-refractivity contribution in [3.05, 3.63) is 72.3 Å². The summed E-state index contributed by atoms with van der Waals surface area (Å²) < 4.78 is 31.0. The fourth-order valence-corrected chi connectivity index (χ4v) is 6.23. The Balaban J connectivity index is 1.20. The van der Waals surface area contributed by atoms with Crippen LogP contribution in [-0.2, 0) is 6.54 Å². The van der Waals surface area contributed by atoms with Gasteiger partial charge >= 0.3 is 0 Å². The number of H-pyrrole nitrogens is 2. The standard InChI is InChI=1S/C34H36F2N10/c1-46(2)10-9-39-25-13-22(12-24(35)14-25)26-7-8-40-33-31(26)42-34(43-33)32-28-27(44-45-32)19-41-30(29(28)36)23-11-21(17-38-18-23)16-37-15-20-5-3-4-6-20/h7-8,11-14,17-20,37,39H,3-6,9-10,15-16H2,1-2H3,(H,44,45)(H,40,42,43). The summed E-state index contributed by atoms with van der Waals surface area (Å²) in [7, 11) is 3.97. The van der Waals surface area contributed by atoms with Crippen molar-refractivity contribution in [3.8, 4) is 33.9 Å². The number of anilines is 1. The van der Waals surface area contributed by atoms with Gasteiger partial charge in [0.05, 0.1) is 22.6 Å². The van der Waals surface area contributed by atoms with Crippen LogP contribution < -0.4 is 10.6 Å². The molecule has 0 spiro atoms. The van der Waals surface area contributed by atoms with Gasteiger partial charge in [0.2, 0.25) is 0 Å². The molecule has 1 saturated carbocycles. The lowest BCUT2D eigenvalue weighted by atomic mass is 10.0. The minimum atomic E-state index is -0.522. The normalized spacial score (nSPS) is 13.8. The highest BCUT2D eigenvalue weighted by molar-refractivity contribution is 5.97. The molecule has 5 heterocycles. The molecule has 1 aromatic carbocycles. The van der Waals surface area contributed by atoms with Crippen LogP contribution in [-0.4, -0.2) is 73.7 Å². The molecular formula is C34H36F2N10. The van der Waals surface area contributed by atoms with Crippen molar-refractivity contribution in [1.82, 2.24) is 45.3 Å². The molecule has 10 nitrogen and oxygen atoms in total. The molecule has 0 bridgehead atoms. The second-order valence-electron chi connectivity index (χ2n) is 12.2. The van der Waals surface area contributed by atoms with Gasteiger partial charge in [-0.25, -0.2) is 18.7 Å². The molecular weight excluding hydrogens is 586 g/mol. The van der Waals surface area contributed by atoms with Gasteiger partial charge in [0.25, 0.3) is 0 Å². The summed E-state index contributed by atoms with van der Waals surface area (Å²) in [4.78, 5) is 23.2. The number of rotatable bonds is 11. The summed E-state index contributed by atoms with van der Waals surface area (Å²) >= 11 is 0. The zero-order chi connectivity index (χ0) is 31.6. The number of halogens is 2. The van der Waals surface area contributed by atoms with Crippen molar-refractivity contribution < 1.29 is 8.78 Å². The van der Waals surface area contributed by atoms with Crippen molar-refractivity contribution in [2.24, 2.45) is 5.92 Å². The van der Waals surface area contributed by atoms with E-state index in [4.69, 9.17) is 0 Å². The number of imidazole rings is 1. The van der Waals surface area contributed by atoms with Gasteiger partial charge in [-0.2, -0.15) is 5.10 Å². The topological polar surface area (TPSA) is 123 Å². The Bertz CT molecular complexity index is 1990. The molecule has 1 aliphatic carbocycles. The number of aromatic nitrogens is 7. The van der Waals surface area contributed by atoms with Crippen LogP contribution in [0.5, 0.6) is 0 Å². The van der Waals surface area contributed by atoms with Crippen LogP contribution >= 0.6 is 0 Å². The van der Waals surface area contributed by atoms with Gasteiger partial charge in [-0.3, -0.25) is 15.1 Å². The van der Waals surface area contributed by atoms with Gasteiger partial charge < -0.3 is 20.5 Å². The molecule has 46 heavy (non-hydrogen) atoms. The number of pyridine rings is 3. The fraction of sp³-hybridized carbons (Fsp3) is 0.324. The Morgan fingerprint density at radius 1 is 0.978 bits per heavy atom. The minimum absolute atomic E-state index is 0.185. The first-order valence-electron chi connectivity index (χ1n) is 15.6. The minimum Gasteiger partial charge on any atom is -0.384 e. The number of aromatic amines is 2. The first-order chi connectivity index (χ1) is 22.4. The van der Waals surface area contributed by atoms with E-state index in [0.29, 0.717) is 63.7 Å². The van der Waals surface area contributed by atoms with Crippen LogP contribution in [0, 0.1) is 17.6 Å². The average Bonchev–Trinajstić information content (AvgIpc) is 3.81. The summed E-state index contributed by atoms with van der Waals surface area (Å²) in [5.41, 5.74) is 5.51. The largest absolute Gasteiger partial charge is 0.384 e. The Hall–Kier alpha value is -4.81. The van der Waals surface area contributed by atoms with Crippen molar-refractivity contribution >= 4 is 27.8 Å². The molecule has 0 radical (unpaired) electrons. The van der Waals surface area contributed by atoms with Gasteiger partial charge in [0, 0.05) is 55.0 Å². The summed E-state index contributed by atoms with van der Waals surface area (Å²) in [6.45, 7) is 3.11. The van der Waals surface area contributed by atoms with Crippen molar-refractivity contribution in [3.63, 3.8) is 0 Å². The monoisotopic (exact) mass is 622 g/mol. The van der Waals surface area contributed by atoms with Crippen molar-refractivity contribution in [2.75, 3.05) is 39.0 Å². The van der Waals surface area contributed by atoms with E-state index in [1.54, 1.807) is 30.9 Å². The van der Waals surface area contributed by atoms with E-state index in [9.17, 15) is 4.39 Å². The molecule has 0 saturated heterocycles. The van der Waals surface area contributed by atoms with E-state index in [-0.39, 0.29) is 16.9 Å². The van der Waals surface area contributed by atoms with Crippen LogP contribution in [0.4, 0.5) is 14.5 Å². The Kier molecular flexibility index (Phi) is 8.37. The molecule has 7 rings (SSSR count). The van der Waals surface area contributed by atoms with Crippen LogP contribution in [0.15, 0.2) is 55.1 Å². The predicted octanol–water partition coefficient (Wildman–Crippen LogP) is 6.16. The Morgan fingerprint density at radius 2 is 1.85 bits per heavy atom. The molecule has 6 aromatic rings. The number of hydrogen-bond donors (Lipinski definition) is 4. The van der Waals surface area contributed by atoms with Gasteiger partial charge in [-0.1, -0.05) is 12.8 Å². The second kappa shape index (κ2) is 12.9. The maximum absolute atomic E-state index is 16.3. The highest BCUT2D eigenvalue weighted by Gasteiger charge is 2.22. The van der Waals surface area contributed by atoms with Gasteiger partial charge in [-0.15, -0.1) is 0 Å². The van der Waals surface area contributed by atoms with E-state index < -0.39 is 5.82 Å². The summed E-state index contributed by atoms with van der Waals surface area (Å²) in [6.07, 6.45) is 11.8. The van der Waals surface area contributed by atoms with Gasteiger partial charge in [-0.05, 0) is 80.9 Å². The van der Waals surface area contributed by atoms with Crippen LogP contribution in [0.1, 0.15) is 31.2 Å². The zero-order valence-corrected chi connectivity index (χ0v) is 25.9. The van der Waals surface area contributed by atoms with Crippen molar-refractivity contribution in [2.45, 2.75) is 32.2 Å². The Labute approximate surface area is 265 Å². The summed E-state index contributed by atoms with van der Waals surface area (Å²) in [5, 5.41) is 14.4. The molecule has 4 N–H and O–H groups in total. The first-order valence-corrected chi connectivity index (χ1v) is 15.6. The third-order valence-electron chi connectivity index (χ3n) is 8.56. The van der Waals surface area contributed by atoms with E-state index in [0.717, 1.165) is 24.6 Å². The van der Waals surface area contributed by atoms with E-state index >= 15 is 4.39 Å². The van der Waals surface area contributed by atoms with Gasteiger partial charge in [0.15, 0.2) is 17.3 Å². The van der Waals surface area contributed by atoms with E-state index in [1.165, 1.54) is 37.8 Å². The molecule has 0 amide bonds. The first kappa shape index (κ1) is 29.9. The summed E-state index contributed by atoms with van der Waals surface area (Å²) in [5.74, 6) is 0.175.